The molecule has 0 aromatic heterocycles. The molecule has 0 spiro atoms. The van der Waals surface area contributed by atoms with Gasteiger partial charge in [-0.15, -0.1) is 0 Å². The van der Waals surface area contributed by atoms with Gasteiger partial charge in [-0.2, -0.15) is 0 Å². The van der Waals surface area contributed by atoms with Gasteiger partial charge in [0.05, 0.1) is 0 Å². The number of hydrogen-bond donors (Lipinski definition) is 0. The van der Waals surface area contributed by atoms with Crippen molar-refractivity contribution in [2.75, 3.05) is 0 Å². The predicted molar refractivity (Wildman–Crippen MR) is 30.7 cm³/mol. The van der Waals surface area contributed by atoms with E-state index >= 15 is 0 Å². The Bertz CT molecular complexity index is 50.1. The van der Waals surface area contributed by atoms with Gasteiger partial charge in [-0.1, -0.05) is 0 Å². The summed E-state index contributed by atoms with van der Waals surface area (Å²) in [4.78, 5) is 0. The monoisotopic (exact) mass is 284 g/mol. The van der Waals surface area contributed by atoms with Crippen LogP contribution < -0.4 is 138 Å². The molecule has 0 aliphatic carbocycles. The zero-order chi connectivity index (χ0) is 5.86. The summed E-state index contributed by atoms with van der Waals surface area (Å²) in [7, 11) is -5.50. The fourth-order valence-corrected chi connectivity index (χ4v) is 0.0907. The van der Waals surface area contributed by atoms with Crippen LogP contribution in [0.15, 0.2) is 0 Å². The Balaban J connectivity index is -0.00000000500. The van der Waals surface area contributed by atoms with Crippen LogP contribution in [-0.2, 0) is 4.57 Å². The third-order valence-electron chi connectivity index (χ3n) is 0.222. The smallest absolute Gasteiger partial charge is 0.872 e. The summed E-state index contributed by atoms with van der Waals surface area (Å²) in [5.41, 5.74) is 0. The van der Waals surface area contributed by atoms with Gasteiger partial charge in [0, 0.05) is 14.6 Å². The molecule has 80 valence electrons. The van der Waals surface area contributed by atoms with E-state index in [9.17, 15) is 0 Å². The van der Waals surface area contributed by atoms with Crippen LogP contribution in [0.5, 0.6) is 0 Å². The van der Waals surface area contributed by atoms with Gasteiger partial charge in [-0.3, -0.25) is 0 Å². The van der Waals surface area contributed by atoms with Crippen LogP contribution in [-0.4, -0.2) is 42.0 Å². The fourth-order valence-electron chi connectivity index (χ4n) is 0.0907. The molecule has 0 rings (SSSR count). The van der Waals surface area contributed by atoms with E-state index in [0.717, 1.165) is 0 Å². The second kappa shape index (κ2) is 51.1. The number of hydrogen-bond acceptors (Lipinski definition) is 5. The van der Waals surface area contributed by atoms with E-state index in [0.29, 0.717) is 0 Å². The minimum Gasteiger partial charge on any atom is -0.872 e. The molecule has 0 bridgehead atoms. The molecule has 10 N–H and O–H groups in total. The first-order valence-corrected chi connectivity index (χ1v) is 1.41. The van der Waals surface area contributed by atoms with Crippen molar-refractivity contribution in [1.82, 2.24) is 0 Å². The molecule has 0 unspecified atom stereocenters. The van der Waals surface area contributed by atoms with Crippen LogP contribution in [0, 0.1) is 0 Å². The summed E-state index contributed by atoms with van der Waals surface area (Å²) in [5, 5.41) is 36.6. The Hall–Kier alpha value is 3.73. The Kier molecular flexibility index (Phi) is 234. The van der Waals surface area contributed by atoms with E-state index in [2.05, 4.69) is 4.57 Å². The van der Waals surface area contributed by atoms with Crippen molar-refractivity contribution in [1.29, 1.82) is 0 Å². The zero-order valence-corrected chi connectivity index (χ0v) is 17.7. The van der Waals surface area contributed by atoms with Crippen molar-refractivity contribution in [2.45, 2.75) is 0 Å². The molecule has 0 heterocycles. The topological polar surface area (TPSA) is 259 Å². The molecule has 0 radical (unpaired) electrons. The molecular formula is H10B2Na4O10. The van der Waals surface area contributed by atoms with Crippen LogP contribution in [0.4, 0.5) is 0 Å². The van der Waals surface area contributed by atoms with Crippen LogP contribution in [0.25, 0.3) is 0 Å². The van der Waals surface area contributed by atoms with Gasteiger partial charge < -0.3 is 52.0 Å². The second-order valence-corrected chi connectivity index (χ2v) is 0.713. The molecule has 0 saturated heterocycles. The summed E-state index contributed by atoms with van der Waals surface area (Å²) in [6, 6.07) is 0. The third kappa shape index (κ3) is 83.1. The molecule has 16 heavy (non-hydrogen) atoms. The van der Waals surface area contributed by atoms with Crippen molar-refractivity contribution in [3.05, 3.63) is 0 Å². The third-order valence-corrected chi connectivity index (χ3v) is 0.222. The summed E-state index contributed by atoms with van der Waals surface area (Å²) in [6.07, 6.45) is 0. The maximum Gasteiger partial charge on any atom is 1.00 e. The molecule has 0 atom stereocenters. The first-order valence-electron chi connectivity index (χ1n) is 1.41. The first-order chi connectivity index (χ1) is 3.13. The van der Waals surface area contributed by atoms with Crippen molar-refractivity contribution in [2.24, 2.45) is 0 Å². The first kappa shape index (κ1) is 73.1. The minimum atomic E-state index is -2.75. The second-order valence-electron chi connectivity index (χ2n) is 0.713. The zero-order valence-electron chi connectivity index (χ0n) is 9.70. The quantitative estimate of drug-likeness (QED) is 0.445. The van der Waals surface area contributed by atoms with E-state index in [4.69, 9.17) is 20.1 Å². The maximum absolute atomic E-state index is 9.16. The molecule has 0 aromatic rings. The molecule has 0 saturated carbocycles. The van der Waals surface area contributed by atoms with Gasteiger partial charge in [-0.05, 0) is 0 Å². The van der Waals surface area contributed by atoms with E-state index in [1.54, 1.807) is 0 Å². The normalized spacial score (nSPS) is 3.75. The predicted octanol–water partition coefficient (Wildman–Crippen LogP) is -21.7. The van der Waals surface area contributed by atoms with Gasteiger partial charge in [0.1, 0.15) is 0 Å². The van der Waals surface area contributed by atoms with Crippen molar-refractivity contribution in [3.8, 4) is 0 Å². The Morgan fingerprint density at radius 1 is 0.500 bits per heavy atom. The summed E-state index contributed by atoms with van der Waals surface area (Å²) in [5.74, 6) is 0. The molecule has 16 heteroatoms. The summed E-state index contributed by atoms with van der Waals surface area (Å²) in [6.45, 7) is 0. The van der Waals surface area contributed by atoms with Gasteiger partial charge in [0.25, 0.3) is 0 Å². The molecule has 0 aromatic carbocycles. The van der Waals surface area contributed by atoms with Crippen LogP contribution >= 0.6 is 0 Å². The number of rotatable bonds is 2. The fraction of sp³-hybridized carbons (Fsp3) is 0. The van der Waals surface area contributed by atoms with Crippen LogP contribution in [0.3, 0.4) is 0 Å². The molecular weight excluding hydrogens is 274 g/mol. The summed E-state index contributed by atoms with van der Waals surface area (Å²) >= 11 is 0. The molecule has 0 aliphatic heterocycles. The van der Waals surface area contributed by atoms with Crippen LogP contribution in [0.2, 0.25) is 0 Å². The van der Waals surface area contributed by atoms with Gasteiger partial charge in [0.15, 0.2) is 0 Å². The van der Waals surface area contributed by atoms with Crippen molar-refractivity contribution < 1.29 is 170 Å². The van der Waals surface area contributed by atoms with E-state index in [-0.39, 0.29) is 146 Å². The van der Waals surface area contributed by atoms with Gasteiger partial charge >= 0.3 is 118 Å². The van der Waals surface area contributed by atoms with E-state index in [1.807, 2.05) is 0 Å². The largest absolute Gasteiger partial charge is 1.00 e. The Labute approximate surface area is 182 Å². The van der Waals surface area contributed by atoms with E-state index in [1.165, 1.54) is 0 Å². The maximum atomic E-state index is 9.16. The minimum absolute atomic E-state index is 0. The SMILES string of the molecule is O.O.O.O.O.[Na+].[Na+].[Na+].[Na+].[O-]B([O-])OB([O-])[O-]. The molecule has 0 amide bonds. The molecule has 0 aliphatic rings. The molecule has 0 fully saturated rings. The van der Waals surface area contributed by atoms with E-state index < -0.39 is 14.6 Å². The average Bonchev–Trinajstić information content (AvgIpc) is 1.27. The standard InChI is InChI=1S/B2O5.4Na.5H2O/c3-1(4)7-2(5)6;;;;;;;;;/h;;;;;5*1H2/q-4;4*+1;;;;;. The van der Waals surface area contributed by atoms with Crippen molar-refractivity contribution >= 4 is 14.6 Å². The summed E-state index contributed by atoms with van der Waals surface area (Å²) < 4.78 is 3.03. The average molecular weight is 284 g/mol. The van der Waals surface area contributed by atoms with Crippen molar-refractivity contribution in [3.63, 3.8) is 0 Å². The molecule has 10 nitrogen and oxygen atoms in total. The van der Waals surface area contributed by atoms with Crippen LogP contribution in [0.1, 0.15) is 0 Å². The van der Waals surface area contributed by atoms with Gasteiger partial charge in [0.2, 0.25) is 0 Å². The van der Waals surface area contributed by atoms with Gasteiger partial charge in [-0.25, -0.2) is 0 Å². The Morgan fingerprint density at radius 3 is 0.625 bits per heavy atom. The Morgan fingerprint density at radius 2 is 0.625 bits per heavy atom.